The molecule has 0 radical (unpaired) electrons. The van der Waals surface area contributed by atoms with Crippen LogP contribution in [-0.2, 0) is 28.2 Å². The van der Waals surface area contributed by atoms with Crippen molar-refractivity contribution in [2.24, 2.45) is 0 Å². The van der Waals surface area contributed by atoms with Crippen LogP contribution in [0.25, 0.3) is 0 Å². The molecule has 286 valence electrons. The second-order valence-electron chi connectivity index (χ2n) is 12.5. The summed E-state index contributed by atoms with van der Waals surface area (Å²) in [5.41, 5.74) is 0. The molecule has 0 rings (SSSR count). The molecule has 1 unspecified atom stereocenters. The fourth-order valence-corrected chi connectivity index (χ4v) is 5.25. The summed E-state index contributed by atoms with van der Waals surface area (Å²) in [5, 5.41) is 0. The molecule has 0 fully saturated rings. The zero-order valence-electron chi connectivity index (χ0n) is 31.3. The summed E-state index contributed by atoms with van der Waals surface area (Å²) >= 11 is 0. The van der Waals surface area contributed by atoms with E-state index in [-0.39, 0.29) is 19.4 Å². The van der Waals surface area contributed by atoms with E-state index < -0.39 is 32.5 Å². The van der Waals surface area contributed by atoms with Gasteiger partial charge in [-0.25, -0.2) is 4.57 Å². The quantitative estimate of drug-likeness (QED) is 0.0292. The van der Waals surface area contributed by atoms with Gasteiger partial charge in [-0.15, -0.1) is 0 Å². The van der Waals surface area contributed by atoms with Crippen LogP contribution >= 0.6 is 7.82 Å². The molecule has 0 aromatic carbocycles. The average molecular weight is 721 g/mol. The molecule has 50 heavy (non-hydrogen) atoms. The maximum Gasteiger partial charge on any atom is 0.469 e. The van der Waals surface area contributed by atoms with Gasteiger partial charge in [-0.2, -0.15) is 0 Å². The second kappa shape index (κ2) is 36.3. The Balaban J connectivity index is 4.05. The summed E-state index contributed by atoms with van der Waals surface area (Å²) in [6.45, 7) is 3.48. The number of hydrogen-bond donors (Lipinski definition) is 2. The largest absolute Gasteiger partial charge is 0.469 e. The Hall–Kier alpha value is -2.51. The van der Waals surface area contributed by atoms with Crippen molar-refractivity contribution in [3.63, 3.8) is 0 Å². The molecule has 0 aromatic rings. The molecule has 8 nitrogen and oxygen atoms in total. The van der Waals surface area contributed by atoms with Crippen LogP contribution in [0.2, 0.25) is 0 Å². The average Bonchev–Trinajstić information content (AvgIpc) is 3.08. The van der Waals surface area contributed by atoms with E-state index in [0.717, 1.165) is 77.0 Å². The van der Waals surface area contributed by atoms with Crippen LogP contribution in [0, 0.1) is 0 Å². The van der Waals surface area contributed by atoms with Crippen molar-refractivity contribution in [2.75, 3.05) is 13.2 Å². The van der Waals surface area contributed by atoms with E-state index in [1.165, 1.54) is 38.5 Å². The van der Waals surface area contributed by atoms with Crippen molar-refractivity contribution in [3.05, 3.63) is 72.9 Å². The Morgan fingerprint density at radius 1 is 0.540 bits per heavy atom. The Morgan fingerprint density at radius 2 is 1.00 bits per heavy atom. The van der Waals surface area contributed by atoms with E-state index in [1.54, 1.807) is 0 Å². The van der Waals surface area contributed by atoms with E-state index >= 15 is 0 Å². The highest BCUT2D eigenvalue weighted by atomic mass is 31.2. The number of esters is 2. The summed E-state index contributed by atoms with van der Waals surface area (Å²) in [7, 11) is -4.77. The molecule has 0 aliphatic heterocycles. The summed E-state index contributed by atoms with van der Waals surface area (Å²) < 4.78 is 26.2. The molecule has 0 aromatic heterocycles. The smallest absolute Gasteiger partial charge is 0.462 e. The molecule has 0 aliphatic carbocycles. The first kappa shape index (κ1) is 47.5. The standard InChI is InChI=1S/C41H69O8P/c1-3-5-7-9-11-13-15-17-18-19-20-21-22-24-25-27-29-31-33-35-40(42)47-37-39(38-48-50(44,45)46)49-41(43)36-34-32-30-28-26-23-16-14-12-10-8-6-4-2/h5,7,11,13,17-18,20-21,23,26,30,32,39H,3-4,6,8-10,12,14-16,19,22,24-25,27-29,31,33-38H2,1-2H3,(H2,44,45,46)/b7-5+,13-11+,18-17+,21-20+,26-23+,32-30+. The predicted octanol–water partition coefficient (Wildman–Crippen LogP) is 11.5. The minimum absolute atomic E-state index is 0.0990. The number of allylic oxidation sites excluding steroid dienone is 12. The molecule has 9 heteroatoms. The molecule has 0 aliphatic rings. The summed E-state index contributed by atoms with van der Waals surface area (Å²) in [4.78, 5) is 42.7. The first-order valence-corrected chi connectivity index (χ1v) is 20.8. The third kappa shape index (κ3) is 38.3. The first-order chi connectivity index (χ1) is 24.3. The molecule has 0 saturated carbocycles. The lowest BCUT2D eigenvalue weighted by Crippen LogP contribution is -2.29. The lowest BCUT2D eigenvalue weighted by Gasteiger charge is -2.18. The van der Waals surface area contributed by atoms with Crippen LogP contribution < -0.4 is 0 Å². The van der Waals surface area contributed by atoms with Crippen molar-refractivity contribution >= 4 is 19.8 Å². The van der Waals surface area contributed by atoms with Crippen molar-refractivity contribution < 1.29 is 37.9 Å². The van der Waals surface area contributed by atoms with Crippen LogP contribution in [0.15, 0.2) is 72.9 Å². The van der Waals surface area contributed by atoms with E-state index in [9.17, 15) is 14.2 Å². The SMILES string of the molecule is CC/C=C/C/C=C/C/C=C/C/C=C/CCCCCCCCC(=O)OCC(COP(=O)(O)O)OC(=O)CC/C=C/C/C=C/CCCCCCCC. The molecule has 2 N–H and O–H groups in total. The highest BCUT2D eigenvalue weighted by Crippen LogP contribution is 2.35. The number of carbonyl (C=O) groups excluding carboxylic acids is 2. The van der Waals surface area contributed by atoms with Gasteiger partial charge in [0, 0.05) is 12.8 Å². The van der Waals surface area contributed by atoms with Gasteiger partial charge in [-0.3, -0.25) is 14.1 Å². The molecule has 0 saturated heterocycles. The number of phosphoric ester groups is 1. The zero-order chi connectivity index (χ0) is 36.8. The Labute approximate surface area is 304 Å². The van der Waals surface area contributed by atoms with Gasteiger partial charge < -0.3 is 19.3 Å². The summed E-state index contributed by atoms with van der Waals surface area (Å²) in [5.74, 6) is -0.986. The van der Waals surface area contributed by atoms with Crippen LogP contribution in [0.3, 0.4) is 0 Å². The third-order valence-electron chi connectivity index (χ3n) is 7.72. The number of hydrogen-bond acceptors (Lipinski definition) is 6. The van der Waals surface area contributed by atoms with Gasteiger partial charge in [-0.05, 0) is 70.6 Å². The molecule has 0 bridgehead atoms. The van der Waals surface area contributed by atoms with Gasteiger partial charge >= 0.3 is 19.8 Å². The van der Waals surface area contributed by atoms with E-state index in [0.29, 0.717) is 12.8 Å². The van der Waals surface area contributed by atoms with E-state index in [2.05, 4.69) is 79.1 Å². The fraction of sp³-hybridized carbons (Fsp3) is 0.659. The lowest BCUT2D eigenvalue weighted by molar-refractivity contribution is -0.161. The second-order valence-corrected chi connectivity index (χ2v) is 13.8. The van der Waals surface area contributed by atoms with Crippen molar-refractivity contribution in [2.45, 2.75) is 161 Å². The van der Waals surface area contributed by atoms with Gasteiger partial charge in [0.15, 0.2) is 6.10 Å². The minimum Gasteiger partial charge on any atom is -0.462 e. The highest BCUT2D eigenvalue weighted by Gasteiger charge is 2.22. The third-order valence-corrected chi connectivity index (χ3v) is 8.21. The number of carbonyl (C=O) groups is 2. The van der Waals surface area contributed by atoms with E-state index in [1.807, 2.05) is 12.2 Å². The first-order valence-electron chi connectivity index (χ1n) is 19.2. The number of ether oxygens (including phenoxy) is 2. The normalized spacial score (nSPS) is 13.3. The van der Waals surface area contributed by atoms with Crippen molar-refractivity contribution in [3.8, 4) is 0 Å². The van der Waals surface area contributed by atoms with Gasteiger partial charge in [-0.1, -0.05) is 145 Å². The zero-order valence-corrected chi connectivity index (χ0v) is 32.2. The molecule has 0 spiro atoms. The number of unbranched alkanes of at least 4 members (excludes halogenated alkanes) is 12. The Bertz CT molecular complexity index is 1040. The monoisotopic (exact) mass is 720 g/mol. The van der Waals surface area contributed by atoms with Crippen LogP contribution in [-0.4, -0.2) is 41.0 Å². The van der Waals surface area contributed by atoms with Gasteiger partial charge in [0.1, 0.15) is 6.61 Å². The minimum atomic E-state index is -4.77. The number of phosphoric acid groups is 1. The molecule has 1 atom stereocenters. The summed E-state index contributed by atoms with van der Waals surface area (Å²) in [6, 6.07) is 0. The maximum absolute atomic E-state index is 12.3. The van der Waals surface area contributed by atoms with Crippen LogP contribution in [0.1, 0.15) is 155 Å². The molecular formula is C41H69O8P. The van der Waals surface area contributed by atoms with Crippen molar-refractivity contribution in [1.29, 1.82) is 0 Å². The molecular weight excluding hydrogens is 651 g/mol. The lowest BCUT2D eigenvalue weighted by atomic mass is 10.1. The Kier molecular flexibility index (Phi) is 34.5. The van der Waals surface area contributed by atoms with Crippen molar-refractivity contribution in [1.82, 2.24) is 0 Å². The maximum atomic E-state index is 12.3. The van der Waals surface area contributed by atoms with E-state index in [4.69, 9.17) is 19.3 Å². The Morgan fingerprint density at radius 3 is 1.52 bits per heavy atom. The number of rotatable bonds is 34. The highest BCUT2D eigenvalue weighted by molar-refractivity contribution is 7.46. The molecule has 0 heterocycles. The fourth-order valence-electron chi connectivity index (χ4n) is 4.89. The molecule has 0 amide bonds. The topological polar surface area (TPSA) is 119 Å². The van der Waals surface area contributed by atoms with Gasteiger partial charge in [0.2, 0.25) is 0 Å². The van der Waals surface area contributed by atoms with Crippen LogP contribution in [0.5, 0.6) is 0 Å². The van der Waals surface area contributed by atoms with Crippen LogP contribution in [0.4, 0.5) is 0 Å². The predicted molar refractivity (Wildman–Crippen MR) is 207 cm³/mol. The van der Waals surface area contributed by atoms with Gasteiger partial charge in [0.25, 0.3) is 0 Å². The summed E-state index contributed by atoms with van der Waals surface area (Å²) in [6.07, 6.45) is 46.4. The van der Waals surface area contributed by atoms with Gasteiger partial charge in [0.05, 0.1) is 6.61 Å².